The number of hydrogen-bond donors (Lipinski definition) is 2. The highest BCUT2D eigenvalue weighted by Crippen LogP contribution is 2.37. The van der Waals surface area contributed by atoms with Crippen LogP contribution in [0.3, 0.4) is 0 Å². The first-order valence-electron chi connectivity index (χ1n) is 6.14. The van der Waals surface area contributed by atoms with Crippen LogP contribution in [0, 0.1) is 0 Å². The van der Waals surface area contributed by atoms with Gasteiger partial charge in [0.25, 0.3) is 0 Å². The van der Waals surface area contributed by atoms with E-state index in [1.54, 1.807) is 36.7 Å². The molecule has 4 N–H and O–H groups in total. The van der Waals surface area contributed by atoms with E-state index < -0.39 is 11.4 Å². The molecule has 4 nitrogen and oxygen atoms in total. The van der Waals surface area contributed by atoms with Crippen molar-refractivity contribution in [2.75, 3.05) is 0 Å². The Morgan fingerprint density at radius 1 is 1.20 bits per heavy atom. The van der Waals surface area contributed by atoms with E-state index in [4.69, 9.17) is 23.1 Å². The predicted octanol–water partition coefficient (Wildman–Crippen LogP) is 2.69. The molecule has 0 aliphatic heterocycles. The van der Waals surface area contributed by atoms with Gasteiger partial charge in [-0.05, 0) is 43.2 Å². The summed E-state index contributed by atoms with van der Waals surface area (Å²) >= 11 is 6.47. The average molecular weight is 290 g/mol. The predicted molar refractivity (Wildman–Crippen MR) is 80.4 cm³/mol. The van der Waals surface area contributed by atoms with E-state index in [0.29, 0.717) is 16.1 Å². The minimum atomic E-state index is -0.616. The molecule has 0 aliphatic rings. The summed E-state index contributed by atoms with van der Waals surface area (Å²) in [7, 11) is 0. The Morgan fingerprint density at radius 2 is 1.80 bits per heavy atom. The van der Waals surface area contributed by atoms with Gasteiger partial charge in [-0.15, -0.1) is 0 Å². The van der Waals surface area contributed by atoms with Crippen molar-refractivity contribution in [2.24, 2.45) is 11.5 Å². The zero-order valence-electron chi connectivity index (χ0n) is 11.4. The number of carbonyl (C=O) groups excluding carboxylic acids is 1. The lowest BCUT2D eigenvalue weighted by Gasteiger charge is -2.23. The second-order valence-electron chi connectivity index (χ2n) is 5.17. The van der Waals surface area contributed by atoms with Gasteiger partial charge in [0.1, 0.15) is 0 Å². The molecule has 1 amide bonds. The van der Waals surface area contributed by atoms with Crippen LogP contribution in [0.15, 0.2) is 36.7 Å². The van der Waals surface area contributed by atoms with Gasteiger partial charge < -0.3 is 11.5 Å². The summed E-state index contributed by atoms with van der Waals surface area (Å²) in [6.45, 7) is 3.71. The Bertz CT molecular complexity index is 648. The quantitative estimate of drug-likeness (QED) is 0.911. The lowest BCUT2D eigenvalue weighted by Crippen LogP contribution is -2.29. The van der Waals surface area contributed by atoms with Crippen LogP contribution in [0.2, 0.25) is 5.02 Å². The number of benzene rings is 1. The molecule has 0 saturated heterocycles. The molecule has 0 spiro atoms. The summed E-state index contributed by atoms with van der Waals surface area (Å²) in [6, 6.07) is 6.96. The molecule has 0 aliphatic carbocycles. The van der Waals surface area contributed by atoms with Crippen LogP contribution in [0.4, 0.5) is 0 Å². The van der Waals surface area contributed by atoms with E-state index in [2.05, 4.69) is 4.98 Å². The van der Waals surface area contributed by atoms with Crippen molar-refractivity contribution in [1.29, 1.82) is 0 Å². The molecule has 0 bridgehead atoms. The average Bonchev–Trinajstić information content (AvgIpc) is 2.37. The van der Waals surface area contributed by atoms with E-state index in [1.165, 1.54) is 0 Å². The normalized spacial score (nSPS) is 11.4. The Hall–Kier alpha value is -1.91. The summed E-state index contributed by atoms with van der Waals surface area (Å²) in [5.41, 5.74) is 13.4. The van der Waals surface area contributed by atoms with Crippen LogP contribution in [0.25, 0.3) is 11.1 Å². The van der Waals surface area contributed by atoms with Crippen molar-refractivity contribution in [2.45, 2.75) is 19.4 Å². The molecule has 1 heterocycles. The van der Waals surface area contributed by atoms with Crippen LogP contribution >= 0.6 is 11.6 Å². The number of pyridine rings is 1. The minimum absolute atomic E-state index is 0.370. The Kier molecular flexibility index (Phi) is 3.79. The minimum Gasteiger partial charge on any atom is -0.366 e. The third-order valence-electron chi connectivity index (χ3n) is 3.07. The molecule has 5 heteroatoms. The van der Waals surface area contributed by atoms with Gasteiger partial charge in [0.2, 0.25) is 5.91 Å². The van der Waals surface area contributed by atoms with Crippen molar-refractivity contribution >= 4 is 17.5 Å². The monoisotopic (exact) mass is 289 g/mol. The summed E-state index contributed by atoms with van der Waals surface area (Å²) in [5.74, 6) is -0.528. The van der Waals surface area contributed by atoms with Gasteiger partial charge in [-0.1, -0.05) is 17.7 Å². The standard InChI is InChI=1S/C15H16ClN3O/c1-15(2,18)11-4-3-10(14(17)20)12(13(11)16)9-5-7-19-8-6-9/h3-8H,18H2,1-2H3,(H2,17,20). The molecule has 0 saturated carbocycles. The fourth-order valence-electron chi connectivity index (χ4n) is 2.08. The SMILES string of the molecule is CC(C)(N)c1ccc(C(N)=O)c(-c2ccncc2)c1Cl. The van der Waals surface area contributed by atoms with Gasteiger partial charge in [0.15, 0.2) is 0 Å². The van der Waals surface area contributed by atoms with E-state index in [1.807, 2.05) is 13.8 Å². The number of primary amides is 1. The summed E-state index contributed by atoms with van der Waals surface area (Å²) in [5, 5.41) is 0.444. The van der Waals surface area contributed by atoms with Crippen molar-refractivity contribution < 1.29 is 4.79 Å². The lowest BCUT2D eigenvalue weighted by molar-refractivity contribution is 0.100. The first-order valence-corrected chi connectivity index (χ1v) is 6.52. The molecule has 1 aromatic heterocycles. The first kappa shape index (κ1) is 14.5. The van der Waals surface area contributed by atoms with Crippen molar-refractivity contribution in [1.82, 2.24) is 4.98 Å². The summed E-state index contributed by atoms with van der Waals surface area (Å²) < 4.78 is 0. The van der Waals surface area contributed by atoms with Gasteiger partial charge in [-0.25, -0.2) is 0 Å². The number of nitrogens with zero attached hydrogens (tertiary/aromatic N) is 1. The van der Waals surface area contributed by atoms with Crippen LogP contribution in [-0.2, 0) is 5.54 Å². The Morgan fingerprint density at radius 3 is 2.30 bits per heavy atom. The topological polar surface area (TPSA) is 82.0 Å². The highest BCUT2D eigenvalue weighted by atomic mass is 35.5. The molecular formula is C15H16ClN3O. The fourth-order valence-corrected chi connectivity index (χ4v) is 2.60. The van der Waals surface area contributed by atoms with Gasteiger partial charge in [0, 0.05) is 29.1 Å². The molecule has 2 aromatic rings. The number of aromatic nitrogens is 1. The summed E-state index contributed by atoms with van der Waals surface area (Å²) in [4.78, 5) is 15.6. The molecule has 0 atom stereocenters. The summed E-state index contributed by atoms with van der Waals surface area (Å²) in [6.07, 6.45) is 3.27. The van der Waals surface area contributed by atoms with Crippen LogP contribution in [-0.4, -0.2) is 10.9 Å². The first-order chi connectivity index (χ1) is 9.32. The lowest BCUT2D eigenvalue weighted by atomic mass is 9.89. The largest absolute Gasteiger partial charge is 0.366 e. The van der Waals surface area contributed by atoms with Crippen molar-refractivity contribution in [3.05, 3.63) is 52.8 Å². The second kappa shape index (κ2) is 5.23. The third-order valence-corrected chi connectivity index (χ3v) is 3.46. The maximum Gasteiger partial charge on any atom is 0.249 e. The molecule has 1 aromatic carbocycles. The number of carbonyl (C=O) groups is 1. The van der Waals surface area contributed by atoms with Gasteiger partial charge >= 0.3 is 0 Å². The third kappa shape index (κ3) is 2.66. The Balaban J connectivity index is 2.78. The molecular weight excluding hydrogens is 274 g/mol. The molecule has 0 unspecified atom stereocenters. The highest BCUT2D eigenvalue weighted by molar-refractivity contribution is 6.35. The van der Waals surface area contributed by atoms with Gasteiger partial charge in [0.05, 0.1) is 5.02 Å². The fraction of sp³-hybridized carbons (Fsp3) is 0.200. The van der Waals surface area contributed by atoms with Gasteiger partial charge in [-0.2, -0.15) is 0 Å². The number of nitrogens with two attached hydrogens (primary N) is 2. The van der Waals surface area contributed by atoms with Crippen LogP contribution in [0.5, 0.6) is 0 Å². The highest BCUT2D eigenvalue weighted by Gasteiger charge is 2.23. The van der Waals surface area contributed by atoms with E-state index >= 15 is 0 Å². The van der Waals surface area contributed by atoms with Gasteiger partial charge in [-0.3, -0.25) is 9.78 Å². The van der Waals surface area contributed by atoms with Crippen LogP contribution < -0.4 is 11.5 Å². The van der Waals surface area contributed by atoms with Crippen molar-refractivity contribution in [3.8, 4) is 11.1 Å². The van der Waals surface area contributed by atoms with Crippen LogP contribution in [0.1, 0.15) is 29.8 Å². The maximum atomic E-state index is 11.6. The molecule has 104 valence electrons. The number of rotatable bonds is 3. The zero-order chi connectivity index (χ0) is 14.9. The number of halogens is 1. The number of hydrogen-bond acceptors (Lipinski definition) is 3. The second-order valence-corrected chi connectivity index (χ2v) is 5.55. The van der Waals surface area contributed by atoms with E-state index in [0.717, 1.165) is 11.1 Å². The smallest absolute Gasteiger partial charge is 0.249 e. The molecule has 20 heavy (non-hydrogen) atoms. The van der Waals surface area contributed by atoms with Crippen molar-refractivity contribution in [3.63, 3.8) is 0 Å². The zero-order valence-corrected chi connectivity index (χ0v) is 12.1. The van der Waals surface area contributed by atoms with E-state index in [-0.39, 0.29) is 0 Å². The molecule has 2 rings (SSSR count). The molecule has 0 radical (unpaired) electrons. The van der Waals surface area contributed by atoms with E-state index in [9.17, 15) is 4.79 Å². The Labute approximate surface area is 122 Å². The maximum absolute atomic E-state index is 11.6. The molecule has 0 fully saturated rings. The number of amides is 1.